The van der Waals surface area contributed by atoms with E-state index >= 15 is 0 Å². The Morgan fingerprint density at radius 1 is 1.31 bits per heavy atom. The summed E-state index contributed by atoms with van der Waals surface area (Å²) >= 11 is 0. The molecule has 0 aromatic heterocycles. The molecule has 0 unspecified atom stereocenters. The van der Waals surface area contributed by atoms with Crippen LogP contribution in [0.3, 0.4) is 0 Å². The summed E-state index contributed by atoms with van der Waals surface area (Å²) < 4.78 is 0. The highest BCUT2D eigenvalue weighted by atomic mass is 16.3. The predicted molar refractivity (Wildman–Crippen MR) is 50.4 cm³/mol. The lowest BCUT2D eigenvalue weighted by Gasteiger charge is -2.12. The number of aromatic hydroxyl groups is 2. The number of hydrogen-bond acceptors (Lipinski definition) is 4. The molecule has 0 aliphatic rings. The molecule has 0 bridgehead atoms. The minimum atomic E-state index is -0.273. The summed E-state index contributed by atoms with van der Waals surface area (Å²) in [4.78, 5) is 0. The minimum Gasteiger partial charge on any atom is -0.508 e. The van der Waals surface area contributed by atoms with Crippen LogP contribution in [0.25, 0.3) is 0 Å². The van der Waals surface area contributed by atoms with Gasteiger partial charge in [-0.25, -0.2) is 0 Å². The third-order valence-electron chi connectivity index (χ3n) is 1.89. The molecule has 1 rings (SSSR count). The zero-order valence-corrected chi connectivity index (χ0v) is 7.27. The van der Waals surface area contributed by atoms with E-state index in [-0.39, 0.29) is 17.5 Å². The average Bonchev–Trinajstić information content (AvgIpc) is 2.04. The van der Waals surface area contributed by atoms with Crippen LogP contribution in [0.1, 0.15) is 18.0 Å². The third-order valence-corrected chi connectivity index (χ3v) is 1.89. The molecule has 1 atom stereocenters. The fourth-order valence-corrected chi connectivity index (χ4v) is 1.18. The van der Waals surface area contributed by atoms with E-state index in [1.165, 1.54) is 12.1 Å². The molecule has 0 amide bonds. The lowest BCUT2D eigenvalue weighted by molar-refractivity contribution is 0.440. The summed E-state index contributed by atoms with van der Waals surface area (Å²) in [6, 6.07) is 4.09. The highest BCUT2D eigenvalue weighted by Gasteiger charge is 2.09. The zero-order chi connectivity index (χ0) is 9.84. The van der Waals surface area contributed by atoms with Gasteiger partial charge in [0.15, 0.2) is 0 Å². The number of benzene rings is 1. The summed E-state index contributed by atoms with van der Waals surface area (Å²) in [6.45, 7) is 0.474. The van der Waals surface area contributed by atoms with Gasteiger partial charge in [0.2, 0.25) is 0 Å². The Balaban J connectivity index is 2.88. The Hall–Kier alpha value is -1.26. The number of phenolic OH excluding ortho intramolecular Hbond substituents is 2. The fourth-order valence-electron chi connectivity index (χ4n) is 1.18. The van der Waals surface area contributed by atoms with Crippen LogP contribution in [0.2, 0.25) is 0 Å². The molecule has 0 aliphatic carbocycles. The smallest absolute Gasteiger partial charge is 0.124 e. The average molecular weight is 182 g/mol. The van der Waals surface area contributed by atoms with Crippen LogP contribution in [0.5, 0.6) is 11.5 Å². The van der Waals surface area contributed by atoms with Gasteiger partial charge < -0.3 is 21.7 Å². The third kappa shape index (κ3) is 2.34. The molecule has 72 valence electrons. The van der Waals surface area contributed by atoms with Crippen LogP contribution >= 0.6 is 0 Å². The van der Waals surface area contributed by atoms with Crippen molar-refractivity contribution >= 4 is 0 Å². The molecular weight excluding hydrogens is 168 g/mol. The summed E-state index contributed by atoms with van der Waals surface area (Å²) in [5, 5.41) is 18.4. The highest BCUT2D eigenvalue weighted by Crippen LogP contribution is 2.27. The van der Waals surface area contributed by atoms with Gasteiger partial charge in [-0.15, -0.1) is 0 Å². The van der Waals surface area contributed by atoms with E-state index in [0.717, 1.165) is 0 Å². The maximum absolute atomic E-state index is 9.41. The van der Waals surface area contributed by atoms with Gasteiger partial charge in [0.05, 0.1) is 0 Å². The Labute approximate surface area is 76.8 Å². The van der Waals surface area contributed by atoms with Crippen molar-refractivity contribution in [1.82, 2.24) is 0 Å². The van der Waals surface area contributed by atoms with Gasteiger partial charge in [0, 0.05) is 17.7 Å². The molecule has 4 nitrogen and oxygen atoms in total. The van der Waals surface area contributed by atoms with Crippen LogP contribution in [0.15, 0.2) is 18.2 Å². The van der Waals surface area contributed by atoms with E-state index in [0.29, 0.717) is 18.5 Å². The minimum absolute atomic E-state index is 0.0148. The Morgan fingerprint density at radius 3 is 2.54 bits per heavy atom. The van der Waals surface area contributed by atoms with Crippen LogP contribution < -0.4 is 11.5 Å². The number of hydrogen-bond donors (Lipinski definition) is 4. The molecule has 0 spiro atoms. The van der Waals surface area contributed by atoms with Gasteiger partial charge in [0.1, 0.15) is 11.5 Å². The van der Waals surface area contributed by atoms with Crippen LogP contribution in [-0.2, 0) is 0 Å². The fraction of sp³-hybridized carbons (Fsp3) is 0.333. The summed E-state index contributed by atoms with van der Waals surface area (Å²) in [5.74, 6) is 0.0437. The van der Waals surface area contributed by atoms with Crippen LogP contribution in [-0.4, -0.2) is 16.8 Å². The Kier molecular flexibility index (Phi) is 3.11. The number of phenols is 2. The Morgan fingerprint density at radius 2 is 2.00 bits per heavy atom. The first-order valence-electron chi connectivity index (χ1n) is 4.12. The van der Waals surface area contributed by atoms with Gasteiger partial charge in [-0.1, -0.05) is 6.07 Å². The van der Waals surface area contributed by atoms with Crippen molar-refractivity contribution in [2.75, 3.05) is 6.54 Å². The molecule has 1 aromatic rings. The maximum atomic E-state index is 9.41. The van der Waals surface area contributed by atoms with Crippen molar-refractivity contribution in [2.24, 2.45) is 11.5 Å². The van der Waals surface area contributed by atoms with Crippen molar-refractivity contribution in [1.29, 1.82) is 0 Å². The van der Waals surface area contributed by atoms with Crippen molar-refractivity contribution in [3.8, 4) is 11.5 Å². The Bertz CT molecular complexity index is 289. The molecule has 0 saturated carbocycles. The second kappa shape index (κ2) is 4.11. The standard InChI is InChI=1S/C9H14N2O2/c10-4-3-8(11)7-2-1-6(12)5-9(7)13/h1-2,5,8,12-13H,3-4,10-11H2/t8-/m1/s1. The highest BCUT2D eigenvalue weighted by molar-refractivity contribution is 5.40. The molecular formula is C9H14N2O2. The van der Waals surface area contributed by atoms with Gasteiger partial charge in [0.25, 0.3) is 0 Å². The quantitative estimate of drug-likeness (QED) is 0.546. The van der Waals surface area contributed by atoms with E-state index in [1.807, 2.05) is 0 Å². The largest absolute Gasteiger partial charge is 0.508 e. The maximum Gasteiger partial charge on any atom is 0.124 e. The molecule has 0 aliphatic heterocycles. The lowest BCUT2D eigenvalue weighted by atomic mass is 10.0. The summed E-state index contributed by atoms with van der Waals surface area (Å²) in [7, 11) is 0. The molecule has 0 radical (unpaired) electrons. The zero-order valence-electron chi connectivity index (χ0n) is 7.27. The van der Waals surface area contributed by atoms with Gasteiger partial charge in [-0.05, 0) is 19.0 Å². The number of nitrogens with two attached hydrogens (primary N) is 2. The molecule has 0 fully saturated rings. The molecule has 0 heterocycles. The molecule has 1 aromatic carbocycles. The second-order valence-corrected chi connectivity index (χ2v) is 2.93. The summed E-state index contributed by atoms with van der Waals surface area (Å²) in [6.07, 6.45) is 0.609. The first-order chi connectivity index (χ1) is 6.15. The first-order valence-corrected chi connectivity index (χ1v) is 4.12. The lowest BCUT2D eigenvalue weighted by Crippen LogP contribution is -2.15. The van der Waals surface area contributed by atoms with E-state index in [2.05, 4.69) is 0 Å². The number of rotatable bonds is 3. The van der Waals surface area contributed by atoms with Crippen molar-refractivity contribution in [3.05, 3.63) is 23.8 Å². The molecule has 4 heteroatoms. The van der Waals surface area contributed by atoms with Crippen LogP contribution in [0.4, 0.5) is 0 Å². The normalized spacial score (nSPS) is 12.8. The molecule has 13 heavy (non-hydrogen) atoms. The van der Waals surface area contributed by atoms with E-state index in [9.17, 15) is 5.11 Å². The topological polar surface area (TPSA) is 92.5 Å². The van der Waals surface area contributed by atoms with Crippen molar-refractivity contribution < 1.29 is 10.2 Å². The van der Waals surface area contributed by atoms with E-state index < -0.39 is 0 Å². The van der Waals surface area contributed by atoms with Crippen molar-refractivity contribution in [2.45, 2.75) is 12.5 Å². The van der Waals surface area contributed by atoms with Gasteiger partial charge in [-0.2, -0.15) is 0 Å². The molecule has 6 N–H and O–H groups in total. The van der Waals surface area contributed by atoms with Crippen LogP contribution in [0, 0.1) is 0 Å². The SMILES string of the molecule is NCC[C@@H](N)c1ccc(O)cc1O. The second-order valence-electron chi connectivity index (χ2n) is 2.93. The summed E-state index contributed by atoms with van der Waals surface area (Å²) in [5.41, 5.74) is 11.7. The van der Waals surface area contributed by atoms with Gasteiger partial charge in [-0.3, -0.25) is 0 Å². The van der Waals surface area contributed by atoms with Crippen molar-refractivity contribution in [3.63, 3.8) is 0 Å². The van der Waals surface area contributed by atoms with E-state index in [1.54, 1.807) is 6.07 Å². The molecule has 0 saturated heterocycles. The predicted octanol–water partition coefficient (Wildman–Crippen LogP) is 0.446. The van der Waals surface area contributed by atoms with E-state index in [4.69, 9.17) is 16.6 Å². The monoisotopic (exact) mass is 182 g/mol. The first kappa shape index (κ1) is 9.83. The van der Waals surface area contributed by atoms with Gasteiger partial charge >= 0.3 is 0 Å².